The lowest BCUT2D eigenvalue weighted by atomic mass is 9.77. The van der Waals surface area contributed by atoms with Crippen LogP contribution >= 0.6 is 0 Å². The van der Waals surface area contributed by atoms with E-state index in [9.17, 15) is 5.11 Å². The molecule has 1 aromatic carbocycles. The minimum Gasteiger partial charge on any atom is -0.496 e. The zero-order valence-corrected chi connectivity index (χ0v) is 11.5. The Morgan fingerprint density at radius 1 is 1.22 bits per heavy atom. The highest BCUT2D eigenvalue weighted by Crippen LogP contribution is 2.56. The van der Waals surface area contributed by atoms with Crippen LogP contribution in [-0.2, 0) is 5.60 Å². The zero-order valence-electron chi connectivity index (χ0n) is 11.5. The van der Waals surface area contributed by atoms with Crippen molar-refractivity contribution in [3.05, 3.63) is 28.8 Å². The molecule has 2 bridgehead atoms. The minimum absolute atomic E-state index is 0.467. The smallest absolute Gasteiger partial charge is 0.122 e. The van der Waals surface area contributed by atoms with Crippen molar-refractivity contribution in [3.63, 3.8) is 0 Å². The van der Waals surface area contributed by atoms with Crippen molar-refractivity contribution >= 4 is 0 Å². The van der Waals surface area contributed by atoms with Crippen LogP contribution in [-0.4, -0.2) is 12.2 Å². The van der Waals surface area contributed by atoms with E-state index < -0.39 is 5.60 Å². The van der Waals surface area contributed by atoms with Crippen molar-refractivity contribution in [2.45, 2.75) is 45.1 Å². The number of aliphatic hydroxyl groups is 1. The van der Waals surface area contributed by atoms with Crippen LogP contribution in [0.5, 0.6) is 5.75 Å². The van der Waals surface area contributed by atoms with Crippen molar-refractivity contribution < 1.29 is 9.84 Å². The highest BCUT2D eigenvalue weighted by atomic mass is 16.5. The van der Waals surface area contributed by atoms with Gasteiger partial charge in [-0.05, 0) is 80.2 Å². The Hall–Kier alpha value is -1.02. The molecule has 2 nitrogen and oxygen atoms in total. The predicted octanol–water partition coefficient (Wildman–Crippen LogP) is 3.32. The summed E-state index contributed by atoms with van der Waals surface area (Å²) in [6.07, 6.45) is 4.65. The average Bonchev–Trinajstić information content (AvgIpc) is 2.91. The second kappa shape index (κ2) is 3.99. The molecular formula is C16H22O2. The molecule has 3 rings (SSSR count). The third kappa shape index (κ3) is 1.58. The van der Waals surface area contributed by atoms with Gasteiger partial charge in [0.15, 0.2) is 0 Å². The van der Waals surface area contributed by atoms with Crippen LogP contribution < -0.4 is 4.74 Å². The van der Waals surface area contributed by atoms with Crippen molar-refractivity contribution in [1.29, 1.82) is 0 Å². The second-order valence-electron chi connectivity index (χ2n) is 6.14. The van der Waals surface area contributed by atoms with Gasteiger partial charge in [0, 0.05) is 0 Å². The molecule has 2 heteroatoms. The van der Waals surface area contributed by atoms with Crippen LogP contribution in [0.4, 0.5) is 0 Å². The summed E-state index contributed by atoms with van der Waals surface area (Å²) in [6, 6.07) is 4.20. The Labute approximate surface area is 109 Å². The van der Waals surface area contributed by atoms with Gasteiger partial charge in [-0.25, -0.2) is 0 Å². The summed E-state index contributed by atoms with van der Waals surface area (Å²) in [7, 11) is 1.70. The molecule has 3 atom stereocenters. The maximum atomic E-state index is 11.1. The molecule has 0 amide bonds. The lowest BCUT2D eigenvalue weighted by molar-refractivity contribution is -0.0188. The fourth-order valence-electron chi connectivity index (χ4n) is 4.11. The summed E-state index contributed by atoms with van der Waals surface area (Å²) in [6.45, 7) is 4.14. The molecule has 0 radical (unpaired) electrons. The third-order valence-corrected chi connectivity index (χ3v) is 5.02. The van der Waals surface area contributed by atoms with Crippen LogP contribution in [0, 0.1) is 25.7 Å². The molecule has 0 spiro atoms. The second-order valence-corrected chi connectivity index (χ2v) is 6.14. The fraction of sp³-hybridized carbons (Fsp3) is 0.625. The Bertz CT molecular complexity index is 480. The fourth-order valence-corrected chi connectivity index (χ4v) is 4.11. The molecule has 98 valence electrons. The quantitative estimate of drug-likeness (QED) is 0.867. The number of hydrogen-bond acceptors (Lipinski definition) is 2. The summed E-state index contributed by atoms with van der Waals surface area (Å²) in [5, 5.41) is 11.1. The monoisotopic (exact) mass is 246 g/mol. The van der Waals surface area contributed by atoms with Crippen LogP contribution in [0.15, 0.2) is 12.1 Å². The van der Waals surface area contributed by atoms with Crippen LogP contribution in [0.1, 0.15) is 42.4 Å². The van der Waals surface area contributed by atoms with Crippen molar-refractivity contribution in [1.82, 2.24) is 0 Å². The van der Waals surface area contributed by atoms with Gasteiger partial charge in [0.1, 0.15) is 5.75 Å². The van der Waals surface area contributed by atoms with Gasteiger partial charge in [0.05, 0.1) is 12.7 Å². The molecule has 0 aliphatic heterocycles. The van der Waals surface area contributed by atoms with Gasteiger partial charge in [0.25, 0.3) is 0 Å². The lowest BCUT2D eigenvalue weighted by Gasteiger charge is -2.34. The standard InChI is InChI=1S/C16H22O2/c1-10-7-15(18-3)11(2)6-14(10)16(17)9-12-4-5-13(16)8-12/h6-7,12-13,17H,4-5,8-9H2,1-3H3. The van der Waals surface area contributed by atoms with E-state index in [4.69, 9.17) is 4.74 Å². The lowest BCUT2D eigenvalue weighted by Crippen LogP contribution is -2.33. The van der Waals surface area contributed by atoms with E-state index in [2.05, 4.69) is 26.0 Å². The minimum atomic E-state index is -0.579. The first-order valence-electron chi connectivity index (χ1n) is 6.92. The maximum Gasteiger partial charge on any atom is 0.122 e. The molecule has 2 saturated carbocycles. The van der Waals surface area contributed by atoms with E-state index in [1.807, 2.05) is 0 Å². The predicted molar refractivity (Wildman–Crippen MR) is 71.8 cm³/mol. The Balaban J connectivity index is 2.04. The maximum absolute atomic E-state index is 11.1. The number of ether oxygens (including phenoxy) is 1. The molecule has 0 heterocycles. The topological polar surface area (TPSA) is 29.5 Å². The first-order valence-corrected chi connectivity index (χ1v) is 6.92. The normalized spacial score (nSPS) is 34.0. The van der Waals surface area contributed by atoms with Crippen molar-refractivity contribution in [2.24, 2.45) is 11.8 Å². The van der Waals surface area contributed by atoms with Crippen molar-refractivity contribution in [2.75, 3.05) is 7.11 Å². The summed E-state index contributed by atoms with van der Waals surface area (Å²) < 4.78 is 5.36. The first kappa shape index (κ1) is 12.0. The molecule has 0 saturated heterocycles. The molecule has 1 aromatic rings. The van der Waals surface area contributed by atoms with Gasteiger partial charge in [-0.2, -0.15) is 0 Å². The largest absolute Gasteiger partial charge is 0.496 e. The first-order chi connectivity index (χ1) is 8.54. The molecule has 0 aromatic heterocycles. The van der Waals surface area contributed by atoms with E-state index in [0.29, 0.717) is 5.92 Å². The summed E-state index contributed by atoms with van der Waals surface area (Å²) in [4.78, 5) is 0. The highest BCUT2D eigenvalue weighted by molar-refractivity contribution is 5.45. The molecule has 2 aliphatic carbocycles. The zero-order chi connectivity index (χ0) is 12.9. The summed E-state index contributed by atoms with van der Waals surface area (Å²) >= 11 is 0. The molecule has 3 unspecified atom stereocenters. The highest BCUT2D eigenvalue weighted by Gasteiger charge is 2.51. The van der Waals surface area contributed by atoms with E-state index in [1.54, 1.807) is 7.11 Å². The van der Waals surface area contributed by atoms with E-state index >= 15 is 0 Å². The van der Waals surface area contributed by atoms with E-state index in [-0.39, 0.29) is 0 Å². The van der Waals surface area contributed by atoms with Gasteiger partial charge in [0.2, 0.25) is 0 Å². The molecule has 2 aliphatic rings. The Morgan fingerprint density at radius 3 is 2.56 bits per heavy atom. The summed E-state index contributed by atoms with van der Waals surface area (Å²) in [5.74, 6) is 2.12. The molecule has 18 heavy (non-hydrogen) atoms. The Kier molecular flexibility index (Phi) is 2.67. The SMILES string of the molecule is COc1cc(C)c(C2(O)CC3CCC2C3)cc1C. The summed E-state index contributed by atoms with van der Waals surface area (Å²) in [5.41, 5.74) is 2.83. The van der Waals surface area contributed by atoms with Gasteiger partial charge >= 0.3 is 0 Å². The van der Waals surface area contributed by atoms with Gasteiger partial charge < -0.3 is 9.84 Å². The number of rotatable bonds is 2. The van der Waals surface area contributed by atoms with Crippen LogP contribution in [0.2, 0.25) is 0 Å². The van der Waals surface area contributed by atoms with Crippen molar-refractivity contribution in [3.8, 4) is 5.75 Å². The van der Waals surface area contributed by atoms with E-state index in [0.717, 1.165) is 34.8 Å². The molecule has 2 fully saturated rings. The van der Waals surface area contributed by atoms with Gasteiger partial charge in [-0.1, -0.05) is 0 Å². The molecular weight excluding hydrogens is 224 g/mol. The Morgan fingerprint density at radius 2 is 2.00 bits per heavy atom. The van der Waals surface area contributed by atoms with Crippen LogP contribution in [0.25, 0.3) is 0 Å². The number of fused-ring (bicyclic) bond motifs is 2. The number of benzene rings is 1. The number of methoxy groups -OCH3 is 1. The van der Waals surface area contributed by atoms with Crippen LogP contribution in [0.3, 0.4) is 0 Å². The average molecular weight is 246 g/mol. The van der Waals surface area contributed by atoms with Gasteiger partial charge in [-0.15, -0.1) is 0 Å². The third-order valence-electron chi connectivity index (χ3n) is 5.02. The van der Waals surface area contributed by atoms with Gasteiger partial charge in [-0.3, -0.25) is 0 Å². The molecule has 1 N–H and O–H groups in total. The number of hydrogen-bond donors (Lipinski definition) is 1. The van der Waals surface area contributed by atoms with E-state index in [1.165, 1.54) is 19.3 Å². The number of aryl methyl sites for hydroxylation is 2.